The first-order chi connectivity index (χ1) is 21.2. The molecule has 0 atom stereocenters. The monoisotopic (exact) mass is 598 g/mol. The molecule has 0 bridgehead atoms. The molecular formula is C32H38N8O4. The van der Waals surface area contributed by atoms with Crippen LogP contribution in [-0.4, -0.2) is 70.2 Å². The Hall–Kier alpha value is -4.97. The molecule has 12 nitrogen and oxygen atoms in total. The molecule has 1 saturated heterocycles. The summed E-state index contributed by atoms with van der Waals surface area (Å²) in [6.45, 7) is 7.52. The fraction of sp³-hybridized carbons (Fsp3) is 0.344. The van der Waals surface area contributed by atoms with Gasteiger partial charge in [-0.15, -0.1) is 0 Å². The molecule has 0 aliphatic carbocycles. The van der Waals surface area contributed by atoms with Gasteiger partial charge in [-0.3, -0.25) is 14.2 Å². The van der Waals surface area contributed by atoms with Crippen molar-refractivity contribution in [2.24, 2.45) is 0 Å². The molecule has 3 heterocycles. The number of carbonyl (C=O) groups excluding carboxylic acids is 1. The van der Waals surface area contributed by atoms with Crippen molar-refractivity contribution in [3.8, 4) is 11.4 Å². The molecule has 230 valence electrons. The second kappa shape index (κ2) is 13.1. The largest absolute Gasteiger partial charge is 0.494 e. The number of nitrogens with zero attached hydrogens (tertiary/aromatic N) is 6. The van der Waals surface area contributed by atoms with E-state index in [2.05, 4.69) is 51.1 Å². The number of fused-ring (bicyclic) bond motifs is 1. The van der Waals surface area contributed by atoms with Crippen LogP contribution in [0, 0.1) is 0 Å². The van der Waals surface area contributed by atoms with E-state index in [9.17, 15) is 14.4 Å². The van der Waals surface area contributed by atoms with Crippen LogP contribution >= 0.6 is 0 Å². The standard InChI is InChI=1S/C32H38N8O4/c1-6-15-39-30(42)25-20-33-31(36-29(25)40(32(39)43)24-10-8-9-21(18-24)34-28(41)7-2)35-26-12-11-23(19-27(26)44-5)38-16-13-22(14-17-38)37(3)4/h7-12,18-20,22H,2,6,13-17H2,1,3-5H3,(H,34,41)(H,33,35,36). The number of hydrogen-bond acceptors (Lipinski definition) is 9. The van der Waals surface area contributed by atoms with Crippen LogP contribution in [0.4, 0.5) is 23.0 Å². The van der Waals surface area contributed by atoms with Gasteiger partial charge >= 0.3 is 5.69 Å². The van der Waals surface area contributed by atoms with Gasteiger partial charge in [0.1, 0.15) is 11.1 Å². The van der Waals surface area contributed by atoms with Crippen molar-refractivity contribution in [1.29, 1.82) is 0 Å². The van der Waals surface area contributed by atoms with Gasteiger partial charge in [0.2, 0.25) is 11.9 Å². The Labute approximate surface area is 255 Å². The third kappa shape index (κ3) is 6.20. The molecule has 2 N–H and O–H groups in total. The predicted molar refractivity (Wildman–Crippen MR) is 174 cm³/mol. The molecule has 5 rings (SSSR count). The molecule has 2 aromatic heterocycles. The van der Waals surface area contributed by atoms with Gasteiger partial charge in [0, 0.05) is 49.3 Å². The van der Waals surface area contributed by atoms with Gasteiger partial charge in [-0.2, -0.15) is 4.98 Å². The number of amides is 1. The van der Waals surface area contributed by atoms with Crippen LogP contribution in [0.15, 0.2) is 70.9 Å². The van der Waals surface area contributed by atoms with Gasteiger partial charge in [0.05, 0.1) is 18.5 Å². The predicted octanol–water partition coefficient (Wildman–Crippen LogP) is 3.76. The molecule has 0 spiro atoms. The number of ether oxygens (including phenoxy) is 1. The van der Waals surface area contributed by atoms with E-state index in [-0.39, 0.29) is 29.4 Å². The van der Waals surface area contributed by atoms with Crippen molar-refractivity contribution in [1.82, 2.24) is 24.0 Å². The summed E-state index contributed by atoms with van der Waals surface area (Å²) in [6.07, 6.45) is 5.35. The number of aromatic nitrogens is 4. The number of benzene rings is 2. The van der Waals surface area contributed by atoms with Crippen molar-refractivity contribution in [3.63, 3.8) is 0 Å². The molecule has 0 radical (unpaired) electrons. The molecule has 1 amide bonds. The van der Waals surface area contributed by atoms with E-state index in [1.165, 1.54) is 15.3 Å². The summed E-state index contributed by atoms with van der Waals surface area (Å²) in [7, 11) is 5.86. The summed E-state index contributed by atoms with van der Waals surface area (Å²) in [5, 5.41) is 6.10. The first kappa shape index (κ1) is 30.5. The summed E-state index contributed by atoms with van der Waals surface area (Å²) < 4.78 is 8.26. The van der Waals surface area contributed by atoms with E-state index in [0.717, 1.165) is 37.7 Å². The summed E-state index contributed by atoms with van der Waals surface area (Å²) in [4.78, 5) is 52.7. The van der Waals surface area contributed by atoms with Crippen LogP contribution in [0.5, 0.6) is 5.75 Å². The van der Waals surface area contributed by atoms with Crippen molar-refractivity contribution >= 4 is 40.0 Å². The van der Waals surface area contributed by atoms with E-state index in [1.807, 2.05) is 25.1 Å². The second-order valence-electron chi connectivity index (χ2n) is 10.9. The van der Waals surface area contributed by atoms with Gasteiger partial charge in [-0.1, -0.05) is 19.6 Å². The first-order valence-electron chi connectivity index (χ1n) is 14.7. The van der Waals surface area contributed by atoms with Crippen molar-refractivity contribution in [3.05, 3.63) is 82.2 Å². The van der Waals surface area contributed by atoms with Gasteiger partial charge in [-0.25, -0.2) is 14.3 Å². The van der Waals surface area contributed by atoms with Crippen LogP contribution in [0.25, 0.3) is 16.7 Å². The maximum Gasteiger partial charge on any atom is 0.337 e. The Morgan fingerprint density at radius 2 is 1.91 bits per heavy atom. The Morgan fingerprint density at radius 1 is 1.14 bits per heavy atom. The highest BCUT2D eigenvalue weighted by Gasteiger charge is 2.22. The van der Waals surface area contributed by atoms with Gasteiger partial charge < -0.3 is 25.2 Å². The van der Waals surface area contributed by atoms with Crippen LogP contribution in [0.1, 0.15) is 26.2 Å². The van der Waals surface area contributed by atoms with Gasteiger partial charge in [-0.05, 0) is 69.8 Å². The zero-order chi connectivity index (χ0) is 31.4. The Morgan fingerprint density at radius 3 is 2.59 bits per heavy atom. The molecule has 1 aliphatic heterocycles. The lowest BCUT2D eigenvalue weighted by Gasteiger charge is -2.36. The highest BCUT2D eigenvalue weighted by atomic mass is 16.5. The maximum atomic E-state index is 13.7. The number of methoxy groups -OCH3 is 1. The highest BCUT2D eigenvalue weighted by Crippen LogP contribution is 2.33. The average molecular weight is 599 g/mol. The summed E-state index contributed by atoms with van der Waals surface area (Å²) >= 11 is 0. The van der Waals surface area contributed by atoms with Crippen LogP contribution < -0.4 is 31.5 Å². The van der Waals surface area contributed by atoms with Crippen molar-refractivity contribution in [2.75, 3.05) is 49.8 Å². The Balaban J connectivity index is 1.53. The smallest absolute Gasteiger partial charge is 0.337 e. The van der Waals surface area contributed by atoms with Gasteiger partial charge in [0.25, 0.3) is 5.56 Å². The van der Waals surface area contributed by atoms with Crippen LogP contribution in [0.3, 0.4) is 0 Å². The minimum atomic E-state index is -0.541. The number of rotatable bonds is 10. The van der Waals surface area contributed by atoms with E-state index in [1.54, 1.807) is 31.4 Å². The van der Waals surface area contributed by atoms with Crippen LogP contribution in [-0.2, 0) is 11.3 Å². The van der Waals surface area contributed by atoms with Crippen molar-refractivity contribution < 1.29 is 9.53 Å². The average Bonchev–Trinajstić information content (AvgIpc) is 3.03. The minimum Gasteiger partial charge on any atom is -0.494 e. The van der Waals surface area contributed by atoms with E-state index in [4.69, 9.17) is 4.74 Å². The topological polar surface area (TPSA) is 127 Å². The minimum absolute atomic E-state index is 0.136. The van der Waals surface area contributed by atoms with Crippen molar-refractivity contribution in [2.45, 2.75) is 38.8 Å². The molecule has 1 fully saturated rings. The highest BCUT2D eigenvalue weighted by molar-refractivity contribution is 5.99. The van der Waals surface area contributed by atoms with E-state index in [0.29, 0.717) is 35.3 Å². The summed E-state index contributed by atoms with van der Waals surface area (Å²) in [5.41, 5.74) is 1.72. The molecule has 2 aromatic carbocycles. The Bertz CT molecular complexity index is 1800. The summed E-state index contributed by atoms with van der Waals surface area (Å²) in [5.74, 6) is 0.414. The zero-order valence-electron chi connectivity index (χ0n) is 25.5. The summed E-state index contributed by atoms with van der Waals surface area (Å²) in [6, 6.07) is 13.3. The molecule has 0 saturated carbocycles. The first-order valence-corrected chi connectivity index (χ1v) is 14.7. The van der Waals surface area contributed by atoms with Crippen LogP contribution in [0.2, 0.25) is 0 Å². The Kier molecular flexibility index (Phi) is 9.09. The number of carbonyl (C=O) groups is 1. The number of piperidine rings is 1. The fourth-order valence-electron chi connectivity index (χ4n) is 5.51. The number of hydrogen-bond donors (Lipinski definition) is 2. The molecular weight excluding hydrogens is 560 g/mol. The number of anilines is 4. The molecule has 12 heteroatoms. The SMILES string of the molecule is C=CC(=O)Nc1cccc(-n2c(=O)n(CCC)c(=O)c3cnc(Nc4ccc(N5CCC(N(C)C)CC5)cc4OC)nc32)c1. The number of nitrogens with one attached hydrogen (secondary N) is 2. The maximum absolute atomic E-state index is 13.7. The lowest BCUT2D eigenvalue weighted by molar-refractivity contribution is -0.111. The quantitative estimate of drug-likeness (QED) is 0.262. The third-order valence-corrected chi connectivity index (χ3v) is 7.87. The molecule has 1 aliphatic rings. The molecule has 44 heavy (non-hydrogen) atoms. The molecule has 0 unspecified atom stereocenters. The second-order valence-corrected chi connectivity index (χ2v) is 10.9. The van der Waals surface area contributed by atoms with Gasteiger partial charge in [0.15, 0.2) is 5.65 Å². The normalized spacial score (nSPS) is 13.7. The van der Waals surface area contributed by atoms with E-state index >= 15 is 0 Å². The molecule has 4 aromatic rings. The third-order valence-electron chi connectivity index (χ3n) is 7.87. The lowest BCUT2D eigenvalue weighted by Crippen LogP contribution is -2.41. The van der Waals surface area contributed by atoms with E-state index < -0.39 is 11.2 Å². The lowest BCUT2D eigenvalue weighted by atomic mass is 10.0. The zero-order valence-corrected chi connectivity index (χ0v) is 25.5. The fourth-order valence-corrected chi connectivity index (χ4v) is 5.51.